The van der Waals surface area contributed by atoms with Crippen LogP contribution in [0.2, 0.25) is 0 Å². The molecule has 2 fully saturated rings. The van der Waals surface area contributed by atoms with E-state index >= 15 is 0 Å². The van der Waals surface area contributed by atoms with E-state index in [2.05, 4.69) is 12.2 Å². The van der Waals surface area contributed by atoms with Crippen molar-refractivity contribution < 1.29 is 9.53 Å². The Kier molecular flexibility index (Phi) is 6.39. The minimum atomic E-state index is 0. The monoisotopic (exact) mass is 276 g/mol. The number of halogens is 1. The second-order valence-electron chi connectivity index (χ2n) is 5.35. The maximum absolute atomic E-state index is 12.0. The van der Waals surface area contributed by atoms with Gasteiger partial charge in [0.05, 0.1) is 18.8 Å². The normalized spacial score (nSPS) is 27.8. The average molecular weight is 277 g/mol. The van der Waals surface area contributed by atoms with E-state index in [-0.39, 0.29) is 30.5 Å². The van der Waals surface area contributed by atoms with Crippen LogP contribution in [0.5, 0.6) is 0 Å². The van der Waals surface area contributed by atoms with E-state index in [0.717, 1.165) is 32.0 Å². The van der Waals surface area contributed by atoms with Gasteiger partial charge in [0.1, 0.15) is 0 Å². The topological polar surface area (TPSA) is 41.6 Å². The lowest BCUT2D eigenvalue weighted by atomic mass is 10.2. The summed E-state index contributed by atoms with van der Waals surface area (Å²) in [5, 5.41) is 3.26. The summed E-state index contributed by atoms with van der Waals surface area (Å²) >= 11 is 0. The molecule has 1 saturated carbocycles. The molecule has 0 spiro atoms. The lowest BCUT2D eigenvalue weighted by Gasteiger charge is -2.36. The second kappa shape index (κ2) is 7.31. The highest BCUT2D eigenvalue weighted by molar-refractivity contribution is 5.85. The van der Waals surface area contributed by atoms with Crippen LogP contribution in [0.3, 0.4) is 0 Å². The number of nitrogens with zero attached hydrogens (tertiary/aromatic N) is 1. The summed E-state index contributed by atoms with van der Waals surface area (Å²) in [5.41, 5.74) is 0. The first kappa shape index (κ1) is 15.7. The summed E-state index contributed by atoms with van der Waals surface area (Å²) in [7, 11) is 0. The molecule has 4 nitrogen and oxygen atoms in total. The molecule has 1 N–H and O–H groups in total. The van der Waals surface area contributed by atoms with Gasteiger partial charge in [-0.25, -0.2) is 0 Å². The van der Waals surface area contributed by atoms with Crippen LogP contribution < -0.4 is 5.32 Å². The van der Waals surface area contributed by atoms with E-state index in [1.165, 1.54) is 12.8 Å². The van der Waals surface area contributed by atoms with E-state index in [1.54, 1.807) is 0 Å². The molecule has 1 aliphatic heterocycles. The summed E-state index contributed by atoms with van der Waals surface area (Å²) < 4.78 is 5.75. The van der Waals surface area contributed by atoms with Crippen molar-refractivity contribution in [2.75, 3.05) is 26.2 Å². The van der Waals surface area contributed by atoms with Crippen molar-refractivity contribution in [3.63, 3.8) is 0 Å². The van der Waals surface area contributed by atoms with E-state index in [9.17, 15) is 4.79 Å². The van der Waals surface area contributed by atoms with Crippen molar-refractivity contribution in [2.45, 2.75) is 45.3 Å². The van der Waals surface area contributed by atoms with Crippen LogP contribution in [0.4, 0.5) is 0 Å². The Bertz CT molecular complexity index is 272. The summed E-state index contributed by atoms with van der Waals surface area (Å²) in [5.74, 6) is 1.05. The zero-order chi connectivity index (χ0) is 12.3. The average Bonchev–Trinajstić information content (AvgIpc) is 3.12. The van der Waals surface area contributed by atoms with E-state index in [0.29, 0.717) is 6.54 Å². The van der Waals surface area contributed by atoms with Crippen molar-refractivity contribution in [1.29, 1.82) is 0 Å². The van der Waals surface area contributed by atoms with Gasteiger partial charge in [0.25, 0.3) is 0 Å². The van der Waals surface area contributed by atoms with Crippen molar-refractivity contribution in [1.82, 2.24) is 10.2 Å². The van der Waals surface area contributed by atoms with Crippen LogP contribution in [0.1, 0.15) is 33.1 Å². The number of hydrogen-bond acceptors (Lipinski definition) is 3. The van der Waals surface area contributed by atoms with Crippen molar-refractivity contribution in [2.24, 2.45) is 5.92 Å². The van der Waals surface area contributed by atoms with Crippen molar-refractivity contribution in [3.8, 4) is 0 Å². The van der Waals surface area contributed by atoms with Gasteiger partial charge in [0, 0.05) is 13.1 Å². The van der Waals surface area contributed by atoms with Gasteiger partial charge in [-0.15, -0.1) is 12.4 Å². The molecule has 2 atom stereocenters. The number of carbonyl (C=O) groups is 1. The number of rotatable bonds is 5. The van der Waals surface area contributed by atoms with Gasteiger partial charge in [-0.2, -0.15) is 0 Å². The minimum absolute atomic E-state index is 0. The van der Waals surface area contributed by atoms with Crippen LogP contribution >= 0.6 is 12.4 Å². The maximum atomic E-state index is 12.0. The number of hydrogen-bond donors (Lipinski definition) is 1. The fourth-order valence-corrected chi connectivity index (χ4v) is 2.29. The van der Waals surface area contributed by atoms with Crippen LogP contribution in [-0.2, 0) is 9.53 Å². The third kappa shape index (κ3) is 4.75. The summed E-state index contributed by atoms with van der Waals surface area (Å²) in [6, 6.07) is 0. The fourth-order valence-electron chi connectivity index (χ4n) is 2.29. The largest absolute Gasteiger partial charge is 0.372 e. The molecule has 1 amide bonds. The highest BCUT2D eigenvalue weighted by Gasteiger charge is 2.27. The predicted octanol–water partition coefficient (Wildman–Crippen LogP) is 1.43. The zero-order valence-electron chi connectivity index (χ0n) is 11.4. The molecule has 5 heteroatoms. The Morgan fingerprint density at radius 1 is 1.39 bits per heavy atom. The maximum Gasteiger partial charge on any atom is 0.236 e. The molecular weight excluding hydrogens is 252 g/mol. The van der Waals surface area contributed by atoms with E-state index in [1.807, 2.05) is 11.8 Å². The van der Waals surface area contributed by atoms with Gasteiger partial charge in [-0.05, 0) is 38.6 Å². The standard InChI is InChI=1S/C13H24N2O2.ClH/c1-3-12-9-15(8-10(2)17-12)13(16)7-14-6-11-4-5-11;/h10-12,14H,3-9H2,1-2H3;1H. The Hall–Kier alpha value is -0.320. The first-order chi connectivity index (χ1) is 8.19. The molecule has 1 heterocycles. The minimum Gasteiger partial charge on any atom is -0.372 e. The molecule has 2 rings (SSSR count). The van der Waals surface area contributed by atoms with Crippen LogP contribution in [0.25, 0.3) is 0 Å². The molecule has 1 aliphatic carbocycles. The third-order valence-electron chi connectivity index (χ3n) is 3.54. The van der Waals surface area contributed by atoms with Gasteiger partial charge in [-0.3, -0.25) is 4.79 Å². The number of amides is 1. The molecule has 0 bridgehead atoms. The van der Waals surface area contributed by atoms with Crippen molar-refractivity contribution in [3.05, 3.63) is 0 Å². The molecule has 1 saturated heterocycles. The van der Waals surface area contributed by atoms with Crippen LogP contribution in [0.15, 0.2) is 0 Å². The lowest BCUT2D eigenvalue weighted by Crippen LogP contribution is -2.51. The van der Waals surface area contributed by atoms with Gasteiger partial charge < -0.3 is 15.0 Å². The van der Waals surface area contributed by atoms with Gasteiger partial charge in [-0.1, -0.05) is 6.92 Å². The lowest BCUT2D eigenvalue weighted by molar-refractivity contribution is -0.143. The highest BCUT2D eigenvalue weighted by Crippen LogP contribution is 2.27. The Labute approximate surface area is 116 Å². The molecule has 2 unspecified atom stereocenters. The Morgan fingerprint density at radius 3 is 2.72 bits per heavy atom. The number of nitrogens with one attached hydrogen (secondary N) is 1. The highest BCUT2D eigenvalue weighted by atomic mass is 35.5. The first-order valence-corrected chi connectivity index (χ1v) is 6.83. The van der Waals surface area contributed by atoms with Gasteiger partial charge in [0.15, 0.2) is 0 Å². The molecule has 0 radical (unpaired) electrons. The SMILES string of the molecule is CCC1CN(C(=O)CNCC2CC2)CC(C)O1.Cl. The second-order valence-corrected chi connectivity index (χ2v) is 5.35. The molecule has 18 heavy (non-hydrogen) atoms. The summed E-state index contributed by atoms with van der Waals surface area (Å²) in [4.78, 5) is 14.0. The molecule has 0 aromatic carbocycles. The Balaban J connectivity index is 0.00000162. The summed E-state index contributed by atoms with van der Waals surface area (Å²) in [6.07, 6.45) is 4.01. The molecule has 0 aromatic heterocycles. The smallest absolute Gasteiger partial charge is 0.236 e. The van der Waals surface area contributed by atoms with Crippen LogP contribution in [0, 0.1) is 5.92 Å². The predicted molar refractivity (Wildman–Crippen MR) is 74.0 cm³/mol. The number of ether oxygens (including phenoxy) is 1. The van der Waals surface area contributed by atoms with Crippen LogP contribution in [-0.4, -0.2) is 49.2 Å². The number of morpholine rings is 1. The quantitative estimate of drug-likeness (QED) is 0.826. The van der Waals surface area contributed by atoms with E-state index in [4.69, 9.17) is 4.74 Å². The molecule has 0 aromatic rings. The van der Waals surface area contributed by atoms with Crippen molar-refractivity contribution >= 4 is 18.3 Å². The molecule has 2 aliphatic rings. The third-order valence-corrected chi connectivity index (χ3v) is 3.54. The first-order valence-electron chi connectivity index (χ1n) is 6.83. The van der Waals surface area contributed by atoms with E-state index < -0.39 is 0 Å². The van der Waals surface area contributed by atoms with Gasteiger partial charge >= 0.3 is 0 Å². The molecular formula is C13H25ClN2O2. The summed E-state index contributed by atoms with van der Waals surface area (Å²) in [6.45, 7) is 7.13. The molecule has 106 valence electrons. The van der Waals surface area contributed by atoms with Gasteiger partial charge in [0.2, 0.25) is 5.91 Å². The Morgan fingerprint density at radius 2 is 2.11 bits per heavy atom. The fraction of sp³-hybridized carbons (Fsp3) is 0.923. The zero-order valence-corrected chi connectivity index (χ0v) is 12.2. The number of carbonyl (C=O) groups excluding carboxylic acids is 1.